The third kappa shape index (κ3) is 3.55. The van der Waals surface area contributed by atoms with E-state index in [2.05, 4.69) is 15.9 Å². The van der Waals surface area contributed by atoms with Gasteiger partial charge in [-0.1, -0.05) is 33.6 Å². The van der Waals surface area contributed by atoms with Crippen molar-refractivity contribution < 1.29 is 9.47 Å². The summed E-state index contributed by atoms with van der Waals surface area (Å²) in [5.41, 5.74) is 7.23. The van der Waals surface area contributed by atoms with Crippen LogP contribution in [0, 0.1) is 0 Å². The molecular weight excluding hydrogens is 330 g/mol. The molecule has 0 atom stereocenters. The largest absolute Gasteiger partial charge is 0.493 e. The molecule has 0 aliphatic rings. The lowest BCUT2D eigenvalue weighted by Gasteiger charge is -2.12. The molecule has 0 unspecified atom stereocenters. The molecule has 100 valence electrons. The monoisotopic (exact) mass is 341 g/mol. The second-order valence-corrected chi connectivity index (χ2v) is 5.26. The van der Waals surface area contributed by atoms with Crippen molar-refractivity contribution in [2.45, 2.75) is 6.61 Å². The van der Waals surface area contributed by atoms with Gasteiger partial charge in [0.2, 0.25) is 0 Å². The van der Waals surface area contributed by atoms with Crippen LogP contribution in [0.15, 0.2) is 40.9 Å². The SMILES string of the molecule is COc1cc(N)ccc1OCc1ccc(Br)cc1Cl. The number of benzene rings is 2. The molecule has 0 saturated carbocycles. The minimum atomic E-state index is 0.367. The van der Waals surface area contributed by atoms with Gasteiger partial charge < -0.3 is 15.2 Å². The molecule has 5 heteroatoms. The minimum Gasteiger partial charge on any atom is -0.493 e. The van der Waals surface area contributed by atoms with E-state index in [4.69, 9.17) is 26.8 Å². The second-order valence-electron chi connectivity index (χ2n) is 3.93. The molecule has 0 amide bonds. The first-order valence-electron chi connectivity index (χ1n) is 5.60. The summed E-state index contributed by atoms with van der Waals surface area (Å²) >= 11 is 9.50. The van der Waals surface area contributed by atoms with E-state index in [0.717, 1.165) is 10.0 Å². The van der Waals surface area contributed by atoms with E-state index < -0.39 is 0 Å². The molecule has 0 fully saturated rings. The number of hydrogen-bond donors (Lipinski definition) is 1. The lowest BCUT2D eigenvalue weighted by molar-refractivity contribution is 0.284. The molecule has 0 radical (unpaired) electrons. The van der Waals surface area contributed by atoms with Gasteiger partial charge in [0, 0.05) is 26.8 Å². The van der Waals surface area contributed by atoms with Gasteiger partial charge in [0.1, 0.15) is 6.61 Å². The molecule has 0 aliphatic carbocycles. The molecule has 0 heterocycles. The Morgan fingerprint density at radius 2 is 1.95 bits per heavy atom. The van der Waals surface area contributed by atoms with Crippen LogP contribution in [0.5, 0.6) is 11.5 Å². The van der Waals surface area contributed by atoms with E-state index in [1.54, 1.807) is 25.3 Å². The molecule has 2 rings (SSSR count). The summed E-state index contributed by atoms with van der Waals surface area (Å²) in [6.07, 6.45) is 0. The van der Waals surface area contributed by atoms with Crippen molar-refractivity contribution in [2.24, 2.45) is 0 Å². The molecule has 0 aromatic heterocycles. The van der Waals surface area contributed by atoms with E-state index in [1.807, 2.05) is 18.2 Å². The van der Waals surface area contributed by atoms with Gasteiger partial charge in [0.05, 0.1) is 7.11 Å². The summed E-state index contributed by atoms with van der Waals surface area (Å²) in [6.45, 7) is 0.367. The molecule has 2 aromatic carbocycles. The highest BCUT2D eigenvalue weighted by atomic mass is 79.9. The Bertz CT molecular complexity index is 590. The number of ether oxygens (including phenoxy) is 2. The Kier molecular flexibility index (Phi) is 4.56. The average Bonchev–Trinajstić information content (AvgIpc) is 2.39. The summed E-state index contributed by atoms with van der Waals surface area (Å²) < 4.78 is 11.9. The Balaban J connectivity index is 2.14. The van der Waals surface area contributed by atoms with Crippen LogP contribution in [-0.2, 0) is 6.61 Å². The maximum absolute atomic E-state index is 6.13. The fraction of sp³-hybridized carbons (Fsp3) is 0.143. The van der Waals surface area contributed by atoms with Crippen LogP contribution < -0.4 is 15.2 Å². The predicted octanol–water partition coefficient (Wildman–Crippen LogP) is 4.27. The first-order valence-corrected chi connectivity index (χ1v) is 6.77. The lowest BCUT2D eigenvalue weighted by atomic mass is 10.2. The molecular formula is C14H13BrClNO2. The van der Waals surface area contributed by atoms with E-state index in [0.29, 0.717) is 28.8 Å². The highest BCUT2D eigenvalue weighted by Gasteiger charge is 2.07. The van der Waals surface area contributed by atoms with Crippen LogP contribution >= 0.6 is 27.5 Å². The maximum atomic E-state index is 6.13. The Morgan fingerprint density at radius 1 is 1.16 bits per heavy atom. The zero-order valence-corrected chi connectivity index (χ0v) is 12.7. The number of anilines is 1. The number of rotatable bonds is 4. The Labute approximate surface area is 125 Å². The Hall–Kier alpha value is -1.39. The van der Waals surface area contributed by atoms with Gasteiger partial charge >= 0.3 is 0 Å². The first kappa shape index (κ1) is 14.0. The summed E-state index contributed by atoms with van der Waals surface area (Å²) in [5.74, 6) is 1.24. The van der Waals surface area contributed by atoms with Crippen molar-refractivity contribution in [1.82, 2.24) is 0 Å². The molecule has 0 spiro atoms. The quantitative estimate of drug-likeness (QED) is 0.844. The number of nitrogen functional groups attached to an aromatic ring is 1. The van der Waals surface area contributed by atoms with Crippen molar-refractivity contribution in [3.8, 4) is 11.5 Å². The molecule has 0 aliphatic heterocycles. The van der Waals surface area contributed by atoms with Crippen molar-refractivity contribution in [2.75, 3.05) is 12.8 Å². The molecule has 19 heavy (non-hydrogen) atoms. The van der Waals surface area contributed by atoms with Crippen LogP contribution in [0.2, 0.25) is 5.02 Å². The zero-order valence-electron chi connectivity index (χ0n) is 10.3. The standard InChI is InChI=1S/C14H13BrClNO2/c1-18-14-7-11(17)4-5-13(14)19-8-9-2-3-10(15)6-12(9)16/h2-7H,8,17H2,1H3. The number of methoxy groups -OCH3 is 1. The zero-order chi connectivity index (χ0) is 13.8. The maximum Gasteiger partial charge on any atom is 0.162 e. The van der Waals surface area contributed by atoms with Crippen molar-refractivity contribution in [3.05, 3.63) is 51.5 Å². The van der Waals surface area contributed by atoms with Crippen molar-refractivity contribution in [3.63, 3.8) is 0 Å². The first-order chi connectivity index (χ1) is 9.10. The van der Waals surface area contributed by atoms with Gasteiger partial charge in [-0.3, -0.25) is 0 Å². The summed E-state index contributed by atoms with van der Waals surface area (Å²) in [6, 6.07) is 10.9. The average molecular weight is 343 g/mol. The van der Waals surface area contributed by atoms with Crippen LogP contribution in [-0.4, -0.2) is 7.11 Å². The predicted molar refractivity (Wildman–Crippen MR) is 80.9 cm³/mol. The highest BCUT2D eigenvalue weighted by Crippen LogP contribution is 2.30. The third-order valence-corrected chi connectivity index (χ3v) is 3.43. The third-order valence-electron chi connectivity index (χ3n) is 2.59. The number of hydrogen-bond acceptors (Lipinski definition) is 3. The molecule has 3 nitrogen and oxygen atoms in total. The van der Waals surface area contributed by atoms with Crippen LogP contribution in [0.1, 0.15) is 5.56 Å². The number of halogens is 2. The fourth-order valence-corrected chi connectivity index (χ4v) is 2.33. The van der Waals surface area contributed by atoms with E-state index in [9.17, 15) is 0 Å². The molecule has 0 bridgehead atoms. The van der Waals surface area contributed by atoms with Gasteiger partial charge in [-0.05, 0) is 24.3 Å². The van der Waals surface area contributed by atoms with Gasteiger partial charge in [-0.2, -0.15) is 0 Å². The van der Waals surface area contributed by atoms with Gasteiger partial charge in [0.25, 0.3) is 0 Å². The lowest BCUT2D eigenvalue weighted by Crippen LogP contribution is -1.99. The van der Waals surface area contributed by atoms with Crippen LogP contribution in [0.3, 0.4) is 0 Å². The fourth-order valence-electron chi connectivity index (χ4n) is 1.60. The summed E-state index contributed by atoms with van der Waals surface area (Å²) in [7, 11) is 1.58. The highest BCUT2D eigenvalue weighted by molar-refractivity contribution is 9.10. The van der Waals surface area contributed by atoms with Crippen molar-refractivity contribution >= 4 is 33.2 Å². The smallest absolute Gasteiger partial charge is 0.162 e. The van der Waals surface area contributed by atoms with Crippen molar-refractivity contribution in [1.29, 1.82) is 0 Å². The molecule has 2 aromatic rings. The van der Waals surface area contributed by atoms with E-state index in [-0.39, 0.29) is 0 Å². The minimum absolute atomic E-state index is 0.367. The van der Waals surface area contributed by atoms with Crippen LogP contribution in [0.25, 0.3) is 0 Å². The summed E-state index contributed by atoms with van der Waals surface area (Å²) in [5, 5.41) is 0.656. The molecule has 0 saturated heterocycles. The normalized spacial score (nSPS) is 10.3. The van der Waals surface area contributed by atoms with E-state index in [1.165, 1.54) is 0 Å². The molecule has 2 N–H and O–H groups in total. The van der Waals surface area contributed by atoms with Gasteiger partial charge in [0.15, 0.2) is 11.5 Å². The number of nitrogens with two attached hydrogens (primary N) is 1. The second kappa shape index (κ2) is 6.17. The van der Waals surface area contributed by atoms with Gasteiger partial charge in [-0.25, -0.2) is 0 Å². The topological polar surface area (TPSA) is 44.5 Å². The Morgan fingerprint density at radius 3 is 2.63 bits per heavy atom. The van der Waals surface area contributed by atoms with E-state index >= 15 is 0 Å². The van der Waals surface area contributed by atoms with Crippen LogP contribution in [0.4, 0.5) is 5.69 Å². The van der Waals surface area contributed by atoms with Gasteiger partial charge in [-0.15, -0.1) is 0 Å². The summed E-state index contributed by atoms with van der Waals surface area (Å²) in [4.78, 5) is 0.